The van der Waals surface area contributed by atoms with Crippen LogP contribution in [0.1, 0.15) is 42.3 Å². The van der Waals surface area contributed by atoms with E-state index in [9.17, 15) is 14.9 Å². The minimum absolute atomic E-state index is 0.160. The highest BCUT2D eigenvalue weighted by Crippen LogP contribution is 2.35. The van der Waals surface area contributed by atoms with Gasteiger partial charge in [-0.2, -0.15) is 0 Å². The summed E-state index contributed by atoms with van der Waals surface area (Å²) in [5.41, 5.74) is 2.16. The number of hydrogen-bond donors (Lipinski definition) is 0. The van der Waals surface area contributed by atoms with Gasteiger partial charge in [0.1, 0.15) is 0 Å². The van der Waals surface area contributed by atoms with Crippen LogP contribution < -0.4 is 14.2 Å². The molecule has 0 radical (unpaired) electrons. The fourth-order valence-corrected chi connectivity index (χ4v) is 3.53. The molecule has 0 spiro atoms. The number of carbonyl (C=O) groups is 1. The molecule has 160 valence electrons. The normalized spacial score (nSPS) is 12.8. The smallest absolute Gasteiger partial charge is 0.311 e. The SMILES string of the molecule is CCOc1cc2c(cc1OCC)CN(C(=O)c1ccc(OCC)c([N+](=O)[O-])c1)CC2. The van der Waals surface area contributed by atoms with Gasteiger partial charge in [-0.05, 0) is 62.6 Å². The molecule has 0 bridgehead atoms. The van der Waals surface area contributed by atoms with Gasteiger partial charge in [-0.25, -0.2) is 0 Å². The number of hydrogen-bond acceptors (Lipinski definition) is 6. The van der Waals surface area contributed by atoms with Gasteiger partial charge >= 0.3 is 5.69 Å². The molecule has 0 unspecified atom stereocenters. The summed E-state index contributed by atoms with van der Waals surface area (Å²) in [6.07, 6.45) is 0.673. The lowest BCUT2D eigenvalue weighted by Gasteiger charge is -2.30. The second-order valence-corrected chi connectivity index (χ2v) is 6.78. The van der Waals surface area contributed by atoms with E-state index in [0.717, 1.165) is 11.1 Å². The quantitative estimate of drug-likeness (QED) is 0.479. The number of nitro benzene ring substituents is 1. The molecule has 30 heavy (non-hydrogen) atoms. The second-order valence-electron chi connectivity index (χ2n) is 6.78. The van der Waals surface area contributed by atoms with E-state index >= 15 is 0 Å². The molecule has 2 aromatic carbocycles. The molecule has 1 aliphatic rings. The summed E-state index contributed by atoms with van der Waals surface area (Å²) in [6.45, 7) is 7.87. The Kier molecular flexibility index (Phi) is 6.76. The van der Waals surface area contributed by atoms with E-state index in [1.807, 2.05) is 26.0 Å². The second kappa shape index (κ2) is 9.47. The summed E-state index contributed by atoms with van der Waals surface area (Å²) < 4.78 is 16.7. The summed E-state index contributed by atoms with van der Waals surface area (Å²) >= 11 is 0. The molecule has 0 aliphatic carbocycles. The maximum Gasteiger partial charge on any atom is 0.311 e. The van der Waals surface area contributed by atoms with E-state index in [1.54, 1.807) is 17.9 Å². The van der Waals surface area contributed by atoms with Crippen molar-refractivity contribution in [2.45, 2.75) is 33.7 Å². The number of ether oxygens (including phenoxy) is 3. The molecule has 8 heteroatoms. The zero-order chi connectivity index (χ0) is 21.7. The van der Waals surface area contributed by atoms with Crippen LogP contribution >= 0.6 is 0 Å². The largest absolute Gasteiger partial charge is 0.490 e. The Hall–Kier alpha value is -3.29. The number of amides is 1. The topological polar surface area (TPSA) is 91.1 Å². The molecule has 8 nitrogen and oxygen atoms in total. The van der Waals surface area contributed by atoms with E-state index in [2.05, 4.69) is 0 Å². The van der Waals surface area contributed by atoms with Crippen molar-refractivity contribution >= 4 is 11.6 Å². The van der Waals surface area contributed by atoms with Crippen molar-refractivity contribution < 1.29 is 23.9 Å². The van der Waals surface area contributed by atoms with Crippen molar-refractivity contribution in [2.75, 3.05) is 26.4 Å². The number of nitro groups is 1. The Morgan fingerprint density at radius 1 is 0.967 bits per heavy atom. The molecule has 1 heterocycles. The van der Waals surface area contributed by atoms with Gasteiger partial charge in [0.2, 0.25) is 0 Å². The Morgan fingerprint density at radius 3 is 2.17 bits per heavy atom. The summed E-state index contributed by atoms with van der Waals surface area (Å²) in [4.78, 5) is 25.6. The monoisotopic (exact) mass is 414 g/mol. The third-order valence-electron chi connectivity index (χ3n) is 4.87. The summed E-state index contributed by atoms with van der Waals surface area (Å²) in [5.74, 6) is 1.27. The lowest BCUT2D eigenvalue weighted by atomic mass is 9.98. The molecule has 0 saturated carbocycles. The van der Waals surface area contributed by atoms with Crippen LogP contribution in [0.15, 0.2) is 30.3 Å². The van der Waals surface area contributed by atoms with Crippen LogP contribution in [0.4, 0.5) is 5.69 Å². The molecule has 0 atom stereocenters. The number of rotatable bonds is 8. The van der Waals surface area contributed by atoms with E-state index in [4.69, 9.17) is 14.2 Å². The van der Waals surface area contributed by atoms with E-state index in [1.165, 1.54) is 12.1 Å². The van der Waals surface area contributed by atoms with Gasteiger partial charge in [0.25, 0.3) is 5.91 Å². The first kappa shape index (κ1) is 21.4. The predicted octanol–water partition coefficient (Wildman–Crippen LogP) is 3.99. The van der Waals surface area contributed by atoms with Gasteiger partial charge in [-0.3, -0.25) is 14.9 Å². The van der Waals surface area contributed by atoms with E-state index in [0.29, 0.717) is 50.8 Å². The van der Waals surface area contributed by atoms with Crippen molar-refractivity contribution in [1.29, 1.82) is 0 Å². The number of fused-ring (bicyclic) bond motifs is 1. The molecule has 0 aromatic heterocycles. The zero-order valence-corrected chi connectivity index (χ0v) is 17.5. The zero-order valence-electron chi connectivity index (χ0n) is 17.5. The van der Waals surface area contributed by atoms with Crippen LogP contribution in [0.25, 0.3) is 0 Å². The average molecular weight is 414 g/mol. The van der Waals surface area contributed by atoms with Crippen molar-refractivity contribution in [1.82, 2.24) is 4.90 Å². The lowest BCUT2D eigenvalue weighted by molar-refractivity contribution is -0.385. The molecule has 1 amide bonds. The summed E-state index contributed by atoms with van der Waals surface area (Å²) in [5, 5.41) is 11.4. The Morgan fingerprint density at radius 2 is 1.57 bits per heavy atom. The average Bonchev–Trinajstić information content (AvgIpc) is 2.74. The first-order valence-electron chi connectivity index (χ1n) is 10.1. The molecule has 1 aliphatic heterocycles. The van der Waals surface area contributed by atoms with Gasteiger partial charge in [0.05, 0.1) is 24.7 Å². The number of benzene rings is 2. The minimum atomic E-state index is -0.531. The van der Waals surface area contributed by atoms with Crippen molar-refractivity contribution in [3.05, 3.63) is 57.1 Å². The summed E-state index contributed by atoms with van der Waals surface area (Å²) in [7, 11) is 0. The van der Waals surface area contributed by atoms with Crippen LogP contribution in [0.3, 0.4) is 0 Å². The minimum Gasteiger partial charge on any atom is -0.490 e. The van der Waals surface area contributed by atoms with Crippen LogP contribution in [-0.2, 0) is 13.0 Å². The molecular formula is C22H26N2O6. The van der Waals surface area contributed by atoms with Crippen molar-refractivity contribution in [2.24, 2.45) is 0 Å². The number of carbonyl (C=O) groups excluding carboxylic acids is 1. The standard InChI is InChI=1S/C22H26N2O6/c1-4-28-19-8-7-16(11-18(19)24(26)27)22(25)23-10-9-15-12-20(29-5-2)21(30-6-3)13-17(15)14-23/h7-8,11-13H,4-6,9-10,14H2,1-3H3. The lowest BCUT2D eigenvalue weighted by Crippen LogP contribution is -2.36. The van der Waals surface area contributed by atoms with Gasteiger partial charge in [-0.1, -0.05) is 0 Å². The van der Waals surface area contributed by atoms with E-state index in [-0.39, 0.29) is 22.9 Å². The molecular weight excluding hydrogens is 388 g/mol. The molecule has 3 rings (SSSR count). The van der Waals surface area contributed by atoms with Crippen molar-refractivity contribution in [3.63, 3.8) is 0 Å². The maximum absolute atomic E-state index is 13.0. The predicted molar refractivity (Wildman–Crippen MR) is 111 cm³/mol. The van der Waals surface area contributed by atoms with Gasteiger partial charge in [0.15, 0.2) is 17.2 Å². The van der Waals surface area contributed by atoms with Gasteiger partial charge in [0, 0.05) is 24.7 Å². The number of nitrogens with zero attached hydrogens (tertiary/aromatic N) is 2. The Bertz CT molecular complexity index is 943. The Labute approximate surface area is 175 Å². The first-order valence-corrected chi connectivity index (χ1v) is 10.1. The van der Waals surface area contributed by atoms with E-state index < -0.39 is 4.92 Å². The Balaban J connectivity index is 1.86. The highest BCUT2D eigenvalue weighted by Gasteiger charge is 2.26. The highest BCUT2D eigenvalue weighted by molar-refractivity contribution is 5.95. The fourth-order valence-electron chi connectivity index (χ4n) is 3.53. The van der Waals surface area contributed by atoms with Crippen LogP contribution in [0.2, 0.25) is 0 Å². The van der Waals surface area contributed by atoms with Crippen LogP contribution in [0, 0.1) is 10.1 Å². The fraction of sp³-hybridized carbons (Fsp3) is 0.409. The van der Waals surface area contributed by atoms with Crippen molar-refractivity contribution in [3.8, 4) is 17.2 Å². The third kappa shape index (κ3) is 4.48. The molecule has 2 aromatic rings. The molecule has 0 fully saturated rings. The third-order valence-corrected chi connectivity index (χ3v) is 4.87. The van der Waals surface area contributed by atoms with Gasteiger partial charge in [-0.15, -0.1) is 0 Å². The molecule has 0 N–H and O–H groups in total. The first-order chi connectivity index (χ1) is 14.5. The molecule has 0 saturated heterocycles. The van der Waals surface area contributed by atoms with Crippen LogP contribution in [0.5, 0.6) is 17.2 Å². The van der Waals surface area contributed by atoms with Crippen LogP contribution in [-0.4, -0.2) is 42.1 Å². The highest BCUT2D eigenvalue weighted by atomic mass is 16.6. The van der Waals surface area contributed by atoms with Gasteiger partial charge < -0.3 is 19.1 Å². The summed E-state index contributed by atoms with van der Waals surface area (Å²) in [6, 6.07) is 8.23. The maximum atomic E-state index is 13.0.